The minimum Gasteiger partial charge on any atom is -0.454 e. The first-order valence-corrected chi connectivity index (χ1v) is 7.62. The van der Waals surface area contributed by atoms with E-state index in [0.29, 0.717) is 27.1 Å². The predicted molar refractivity (Wildman–Crippen MR) is 84.9 cm³/mol. The van der Waals surface area contributed by atoms with Crippen LogP contribution in [-0.4, -0.2) is 11.2 Å². The molecule has 1 heterocycles. The molecule has 0 spiro atoms. The SMILES string of the molecule is Cc1cc(F)cc(C)c1Oc1cn(CCCF)c(=O)cc1Br. The third-order valence-corrected chi connectivity index (χ3v) is 3.83. The van der Waals surface area contributed by atoms with Crippen molar-refractivity contribution in [1.82, 2.24) is 4.57 Å². The monoisotopic (exact) mass is 371 g/mol. The van der Waals surface area contributed by atoms with E-state index in [1.165, 1.54) is 29.0 Å². The summed E-state index contributed by atoms with van der Waals surface area (Å²) in [7, 11) is 0. The van der Waals surface area contributed by atoms with Crippen LogP contribution in [0.4, 0.5) is 8.78 Å². The van der Waals surface area contributed by atoms with Gasteiger partial charge in [-0.05, 0) is 59.5 Å². The Bertz CT molecular complexity index is 720. The number of hydrogen-bond donors (Lipinski definition) is 0. The molecule has 0 atom stereocenters. The van der Waals surface area contributed by atoms with Gasteiger partial charge >= 0.3 is 0 Å². The van der Waals surface area contributed by atoms with E-state index >= 15 is 0 Å². The average Bonchev–Trinajstić information content (AvgIpc) is 2.43. The second kappa shape index (κ2) is 7.05. The van der Waals surface area contributed by atoms with Crippen LogP contribution in [0.5, 0.6) is 11.5 Å². The Labute approximate surface area is 135 Å². The van der Waals surface area contributed by atoms with Crippen molar-refractivity contribution in [3.8, 4) is 11.5 Å². The summed E-state index contributed by atoms with van der Waals surface area (Å²) >= 11 is 3.28. The van der Waals surface area contributed by atoms with Gasteiger partial charge in [-0.3, -0.25) is 9.18 Å². The lowest BCUT2D eigenvalue weighted by molar-refractivity contribution is 0.432. The molecule has 0 bridgehead atoms. The maximum Gasteiger partial charge on any atom is 0.251 e. The molecule has 1 aromatic carbocycles. The smallest absolute Gasteiger partial charge is 0.251 e. The van der Waals surface area contributed by atoms with Gasteiger partial charge in [0.25, 0.3) is 5.56 Å². The molecule has 0 saturated heterocycles. The zero-order chi connectivity index (χ0) is 16.3. The van der Waals surface area contributed by atoms with Gasteiger partial charge in [-0.2, -0.15) is 0 Å². The van der Waals surface area contributed by atoms with Crippen LogP contribution in [0.2, 0.25) is 0 Å². The van der Waals surface area contributed by atoms with Gasteiger partial charge < -0.3 is 9.30 Å². The number of ether oxygens (including phenoxy) is 1. The number of nitrogens with zero attached hydrogens (tertiary/aromatic N) is 1. The van der Waals surface area contributed by atoms with Crippen LogP contribution in [0.25, 0.3) is 0 Å². The number of benzene rings is 1. The quantitative estimate of drug-likeness (QED) is 0.773. The molecule has 1 aromatic heterocycles. The predicted octanol–water partition coefficient (Wildman–Crippen LogP) is 4.52. The number of hydrogen-bond acceptors (Lipinski definition) is 2. The van der Waals surface area contributed by atoms with Crippen molar-refractivity contribution < 1.29 is 13.5 Å². The van der Waals surface area contributed by atoms with Crippen molar-refractivity contribution >= 4 is 15.9 Å². The largest absolute Gasteiger partial charge is 0.454 e. The van der Waals surface area contributed by atoms with Crippen LogP contribution in [0.3, 0.4) is 0 Å². The molecule has 0 saturated carbocycles. The first-order valence-electron chi connectivity index (χ1n) is 6.83. The number of aromatic nitrogens is 1. The third-order valence-electron chi connectivity index (χ3n) is 3.21. The highest BCUT2D eigenvalue weighted by molar-refractivity contribution is 9.10. The lowest BCUT2D eigenvalue weighted by Crippen LogP contribution is -2.19. The maximum atomic E-state index is 13.3. The summed E-state index contributed by atoms with van der Waals surface area (Å²) in [5.41, 5.74) is 1.08. The molecule has 0 unspecified atom stereocenters. The van der Waals surface area contributed by atoms with Crippen LogP contribution < -0.4 is 10.3 Å². The van der Waals surface area contributed by atoms with Gasteiger partial charge in [-0.25, -0.2) is 4.39 Å². The Morgan fingerprint density at radius 3 is 2.45 bits per heavy atom. The molecular weight excluding hydrogens is 356 g/mol. The van der Waals surface area contributed by atoms with Crippen LogP contribution in [0.15, 0.2) is 33.7 Å². The van der Waals surface area contributed by atoms with Gasteiger partial charge in [0.15, 0.2) is 5.75 Å². The fourth-order valence-corrected chi connectivity index (χ4v) is 2.56. The molecule has 3 nitrogen and oxygen atoms in total. The second-order valence-electron chi connectivity index (χ2n) is 5.03. The van der Waals surface area contributed by atoms with Gasteiger partial charge in [0.2, 0.25) is 0 Å². The first kappa shape index (κ1) is 16.7. The van der Waals surface area contributed by atoms with Crippen molar-refractivity contribution in [3.63, 3.8) is 0 Å². The van der Waals surface area contributed by atoms with E-state index in [0.717, 1.165) is 0 Å². The highest BCUT2D eigenvalue weighted by atomic mass is 79.9. The van der Waals surface area contributed by atoms with Gasteiger partial charge in [0, 0.05) is 12.6 Å². The summed E-state index contributed by atoms with van der Waals surface area (Å²) in [4.78, 5) is 11.8. The second-order valence-corrected chi connectivity index (χ2v) is 5.88. The zero-order valence-corrected chi connectivity index (χ0v) is 13.9. The van der Waals surface area contributed by atoms with Gasteiger partial charge in [0.05, 0.1) is 17.3 Å². The summed E-state index contributed by atoms with van der Waals surface area (Å²) in [5, 5.41) is 0. The molecule has 0 aliphatic carbocycles. The van der Waals surface area contributed by atoms with Crippen molar-refractivity contribution in [2.45, 2.75) is 26.8 Å². The van der Waals surface area contributed by atoms with Crippen molar-refractivity contribution in [3.05, 3.63) is 56.2 Å². The Balaban J connectivity index is 2.39. The molecule has 0 aliphatic heterocycles. The Kier molecular flexibility index (Phi) is 5.34. The van der Waals surface area contributed by atoms with E-state index < -0.39 is 6.67 Å². The van der Waals surface area contributed by atoms with Crippen LogP contribution in [0.1, 0.15) is 17.5 Å². The van der Waals surface area contributed by atoms with Crippen molar-refractivity contribution in [2.75, 3.05) is 6.67 Å². The Morgan fingerprint density at radius 2 is 1.86 bits per heavy atom. The van der Waals surface area contributed by atoms with E-state index in [1.54, 1.807) is 13.8 Å². The molecule has 2 aromatic rings. The van der Waals surface area contributed by atoms with Gasteiger partial charge in [-0.1, -0.05) is 0 Å². The summed E-state index contributed by atoms with van der Waals surface area (Å²) in [5.74, 6) is 0.642. The van der Waals surface area contributed by atoms with Crippen LogP contribution >= 0.6 is 15.9 Å². The fourth-order valence-electron chi connectivity index (χ4n) is 2.18. The number of halogens is 3. The number of rotatable bonds is 5. The van der Waals surface area contributed by atoms with Crippen molar-refractivity contribution in [2.24, 2.45) is 0 Å². The minimum absolute atomic E-state index is 0.236. The molecular formula is C16H16BrF2NO2. The maximum absolute atomic E-state index is 13.3. The van der Waals surface area contributed by atoms with Gasteiger partial charge in [0.1, 0.15) is 11.6 Å². The molecule has 22 heavy (non-hydrogen) atoms. The third kappa shape index (κ3) is 3.74. The molecule has 0 radical (unpaired) electrons. The summed E-state index contributed by atoms with van der Waals surface area (Å²) in [6, 6.07) is 4.15. The summed E-state index contributed by atoms with van der Waals surface area (Å²) < 4.78 is 33.4. The van der Waals surface area contributed by atoms with Crippen molar-refractivity contribution in [1.29, 1.82) is 0 Å². The molecule has 0 aliphatic rings. The normalized spacial score (nSPS) is 10.8. The van der Waals surface area contributed by atoms with Crippen LogP contribution in [-0.2, 0) is 6.54 Å². The molecule has 0 amide bonds. The average molecular weight is 372 g/mol. The molecule has 2 rings (SSSR count). The zero-order valence-electron chi connectivity index (χ0n) is 12.3. The topological polar surface area (TPSA) is 31.2 Å². The van der Waals surface area contributed by atoms with Crippen LogP contribution in [0, 0.1) is 19.7 Å². The lowest BCUT2D eigenvalue weighted by Gasteiger charge is -2.14. The van der Waals surface area contributed by atoms with Gasteiger partial charge in [-0.15, -0.1) is 0 Å². The molecule has 118 valence electrons. The van der Waals surface area contributed by atoms with E-state index in [2.05, 4.69) is 15.9 Å². The number of aryl methyl sites for hydroxylation is 3. The summed E-state index contributed by atoms with van der Waals surface area (Å²) in [6.07, 6.45) is 1.79. The van der Waals surface area contributed by atoms with E-state index in [9.17, 15) is 13.6 Å². The molecule has 0 fully saturated rings. The molecule has 0 N–H and O–H groups in total. The number of pyridine rings is 1. The fraction of sp³-hybridized carbons (Fsp3) is 0.312. The minimum atomic E-state index is -0.491. The standard InChI is InChI=1S/C16H16BrF2NO2/c1-10-6-12(19)7-11(2)16(10)22-14-9-20(5-3-4-18)15(21)8-13(14)17/h6-9H,3-5H2,1-2H3. The number of alkyl halides is 1. The van der Waals surface area contributed by atoms with E-state index in [4.69, 9.17) is 4.74 Å². The highest BCUT2D eigenvalue weighted by Gasteiger charge is 2.12. The highest BCUT2D eigenvalue weighted by Crippen LogP contribution is 2.33. The Morgan fingerprint density at radius 1 is 1.23 bits per heavy atom. The molecule has 6 heteroatoms. The lowest BCUT2D eigenvalue weighted by atomic mass is 10.1. The summed E-state index contributed by atoms with van der Waals surface area (Å²) in [6.45, 7) is 3.28. The van der Waals surface area contributed by atoms with E-state index in [-0.39, 0.29) is 24.3 Å². The van der Waals surface area contributed by atoms with E-state index in [1.807, 2.05) is 0 Å². The first-order chi connectivity index (χ1) is 10.4. The Hall–Kier alpha value is -1.69.